The topological polar surface area (TPSA) is 70.4 Å². The Labute approximate surface area is 132 Å². The van der Waals surface area contributed by atoms with Crippen molar-refractivity contribution >= 4 is 24.4 Å². The molecule has 0 aromatic carbocycles. The summed E-state index contributed by atoms with van der Waals surface area (Å²) >= 11 is 9.48. The van der Waals surface area contributed by atoms with Crippen molar-refractivity contribution in [2.24, 2.45) is 11.8 Å². The van der Waals surface area contributed by atoms with Crippen LogP contribution in [0, 0.1) is 27.1 Å². The number of H-pyrrole nitrogens is 1. The van der Waals surface area contributed by atoms with Crippen molar-refractivity contribution in [3.63, 3.8) is 0 Å². The lowest BCUT2D eigenvalue weighted by Crippen LogP contribution is -2.37. The van der Waals surface area contributed by atoms with Gasteiger partial charge in [-0.1, -0.05) is 12.2 Å². The summed E-state index contributed by atoms with van der Waals surface area (Å²) < 4.78 is 58.8. The van der Waals surface area contributed by atoms with Crippen LogP contribution in [0.4, 0.5) is 17.6 Å². The van der Waals surface area contributed by atoms with Crippen molar-refractivity contribution in [1.82, 2.24) is 9.55 Å². The van der Waals surface area contributed by atoms with Crippen LogP contribution in [-0.4, -0.2) is 45.3 Å². The van der Waals surface area contributed by atoms with E-state index in [4.69, 9.17) is 22.1 Å². The van der Waals surface area contributed by atoms with Gasteiger partial charge >= 0.3 is 6.18 Å². The lowest BCUT2D eigenvalue weighted by atomic mass is 9.89. The van der Waals surface area contributed by atoms with Crippen molar-refractivity contribution in [3.05, 3.63) is 21.4 Å². The minimum absolute atomic E-state index is 0.249. The standard InChI is InChI=1S/C11H12F4N2O3S2/c12-5-1-17(10(22)16-8(5)21)9-7(11(13,14)15)4(2-18)6(3-19)20-9/h1,4,6-7,9,18-19H,2-3H2,(H,16,21,22)/t4?,6-,7?,9-/m1/s1. The monoisotopic (exact) mass is 360 g/mol. The number of alkyl halides is 3. The number of rotatable bonds is 3. The number of aliphatic hydroxyl groups is 2. The summed E-state index contributed by atoms with van der Waals surface area (Å²) in [6.07, 6.45) is -6.96. The number of hydrogen-bond acceptors (Lipinski definition) is 5. The lowest BCUT2D eigenvalue weighted by Gasteiger charge is -2.26. The predicted molar refractivity (Wildman–Crippen MR) is 71.5 cm³/mol. The summed E-state index contributed by atoms with van der Waals surface area (Å²) in [5.74, 6) is -4.49. The maximum Gasteiger partial charge on any atom is 0.396 e. The first-order chi connectivity index (χ1) is 10.2. The fourth-order valence-corrected chi connectivity index (χ4v) is 2.98. The van der Waals surface area contributed by atoms with E-state index in [1.165, 1.54) is 0 Å². The van der Waals surface area contributed by atoms with Crippen LogP contribution in [0.1, 0.15) is 6.23 Å². The smallest absolute Gasteiger partial charge is 0.396 e. The van der Waals surface area contributed by atoms with Gasteiger partial charge in [-0.25, -0.2) is 4.39 Å². The third-order valence-corrected chi connectivity index (χ3v) is 4.14. The summed E-state index contributed by atoms with van der Waals surface area (Å²) in [5, 5.41) is 18.4. The lowest BCUT2D eigenvalue weighted by molar-refractivity contribution is -0.207. The quantitative estimate of drug-likeness (QED) is 0.569. The molecule has 1 aromatic rings. The van der Waals surface area contributed by atoms with Crippen LogP contribution >= 0.6 is 24.4 Å². The average molecular weight is 360 g/mol. The van der Waals surface area contributed by atoms with Crippen molar-refractivity contribution in [3.8, 4) is 0 Å². The highest BCUT2D eigenvalue weighted by atomic mass is 32.1. The van der Waals surface area contributed by atoms with E-state index in [1.807, 2.05) is 0 Å². The predicted octanol–water partition coefficient (Wildman–Crippen LogP) is 2.09. The number of aromatic amines is 1. The van der Waals surface area contributed by atoms with Gasteiger partial charge in [0.2, 0.25) is 0 Å². The number of ether oxygens (including phenoxy) is 1. The molecule has 0 saturated carbocycles. The van der Waals surface area contributed by atoms with E-state index in [0.29, 0.717) is 0 Å². The van der Waals surface area contributed by atoms with E-state index in [-0.39, 0.29) is 9.41 Å². The fraction of sp³-hybridized carbons (Fsp3) is 0.636. The summed E-state index contributed by atoms with van der Waals surface area (Å²) in [7, 11) is 0. The molecule has 1 fully saturated rings. The molecule has 0 spiro atoms. The van der Waals surface area contributed by atoms with Crippen LogP contribution in [0.5, 0.6) is 0 Å². The number of nitrogens with zero attached hydrogens (tertiary/aromatic N) is 1. The van der Waals surface area contributed by atoms with Gasteiger partial charge in [0.25, 0.3) is 0 Å². The van der Waals surface area contributed by atoms with E-state index in [9.17, 15) is 22.7 Å². The van der Waals surface area contributed by atoms with Crippen LogP contribution < -0.4 is 0 Å². The molecule has 0 radical (unpaired) electrons. The molecular weight excluding hydrogens is 348 g/mol. The Morgan fingerprint density at radius 1 is 1.27 bits per heavy atom. The molecule has 2 heterocycles. The first kappa shape index (κ1) is 17.5. The Bertz CT molecular complexity index is 660. The molecule has 1 aliphatic rings. The number of aliphatic hydroxyl groups excluding tert-OH is 2. The highest BCUT2D eigenvalue weighted by molar-refractivity contribution is 7.72. The molecule has 0 aliphatic carbocycles. The van der Waals surface area contributed by atoms with E-state index < -0.39 is 49.4 Å². The summed E-state index contributed by atoms with van der Waals surface area (Å²) in [6, 6.07) is 0. The maximum atomic E-state index is 13.6. The number of hydrogen-bond donors (Lipinski definition) is 3. The first-order valence-electron chi connectivity index (χ1n) is 6.15. The van der Waals surface area contributed by atoms with E-state index in [0.717, 1.165) is 10.8 Å². The second kappa shape index (κ2) is 6.32. The van der Waals surface area contributed by atoms with Gasteiger partial charge < -0.3 is 19.9 Å². The minimum atomic E-state index is -4.74. The second-order valence-corrected chi connectivity index (χ2v) is 5.60. The molecule has 1 aliphatic heterocycles. The second-order valence-electron chi connectivity index (χ2n) is 4.81. The SMILES string of the molecule is OCC1C(C(F)(F)F)[C@H](n2cc(F)c(=S)[nH]c2=S)O[C@@H]1CO. The Morgan fingerprint density at radius 3 is 2.41 bits per heavy atom. The third kappa shape index (κ3) is 3.08. The van der Waals surface area contributed by atoms with Gasteiger partial charge in [-0.2, -0.15) is 13.2 Å². The Morgan fingerprint density at radius 2 is 1.91 bits per heavy atom. The Kier molecular flexibility index (Phi) is 5.02. The zero-order chi connectivity index (χ0) is 16.7. The van der Waals surface area contributed by atoms with Crippen LogP contribution in [0.15, 0.2) is 6.20 Å². The summed E-state index contributed by atoms with van der Waals surface area (Å²) in [4.78, 5) is 2.27. The molecule has 4 atom stereocenters. The number of halogens is 4. The van der Waals surface area contributed by atoms with E-state index >= 15 is 0 Å². The molecule has 1 aromatic heterocycles. The minimum Gasteiger partial charge on any atom is -0.396 e. The van der Waals surface area contributed by atoms with Crippen molar-refractivity contribution in [1.29, 1.82) is 0 Å². The molecule has 5 nitrogen and oxygen atoms in total. The van der Waals surface area contributed by atoms with Gasteiger partial charge in [0.15, 0.2) is 10.6 Å². The molecule has 2 unspecified atom stereocenters. The Hall–Kier alpha value is -0.880. The van der Waals surface area contributed by atoms with E-state index in [1.54, 1.807) is 0 Å². The van der Waals surface area contributed by atoms with Gasteiger partial charge in [0, 0.05) is 18.7 Å². The normalized spacial score (nSPS) is 29.0. The van der Waals surface area contributed by atoms with Gasteiger partial charge in [0.1, 0.15) is 16.8 Å². The fourth-order valence-electron chi connectivity index (χ4n) is 2.51. The van der Waals surface area contributed by atoms with Gasteiger partial charge in [-0.15, -0.1) is 0 Å². The largest absolute Gasteiger partial charge is 0.396 e. The molecular formula is C11H12F4N2O3S2. The molecule has 0 amide bonds. The Balaban J connectivity index is 2.55. The number of nitrogens with one attached hydrogen (secondary N) is 1. The van der Waals surface area contributed by atoms with Crippen LogP contribution in [0.25, 0.3) is 0 Å². The summed E-state index contributed by atoms with van der Waals surface area (Å²) in [5.41, 5.74) is 0. The highest BCUT2D eigenvalue weighted by Crippen LogP contribution is 2.48. The molecule has 2 rings (SSSR count). The van der Waals surface area contributed by atoms with Crippen molar-refractivity contribution < 1.29 is 32.5 Å². The average Bonchev–Trinajstić information content (AvgIpc) is 2.81. The maximum absolute atomic E-state index is 13.6. The molecule has 3 N–H and O–H groups in total. The van der Waals surface area contributed by atoms with Crippen LogP contribution in [0.2, 0.25) is 0 Å². The molecule has 1 saturated heterocycles. The molecule has 124 valence electrons. The molecule has 22 heavy (non-hydrogen) atoms. The summed E-state index contributed by atoms with van der Waals surface area (Å²) in [6.45, 7) is -1.56. The zero-order valence-corrected chi connectivity index (χ0v) is 12.5. The highest BCUT2D eigenvalue weighted by Gasteiger charge is 2.57. The van der Waals surface area contributed by atoms with Gasteiger partial charge in [-0.05, 0) is 12.2 Å². The third-order valence-electron chi connectivity index (χ3n) is 3.53. The first-order valence-corrected chi connectivity index (χ1v) is 6.97. The molecule has 0 bridgehead atoms. The van der Waals surface area contributed by atoms with Crippen molar-refractivity contribution in [2.45, 2.75) is 18.5 Å². The van der Waals surface area contributed by atoms with Crippen LogP contribution in [-0.2, 0) is 4.74 Å². The van der Waals surface area contributed by atoms with Gasteiger partial charge in [-0.3, -0.25) is 4.57 Å². The zero-order valence-electron chi connectivity index (χ0n) is 10.9. The van der Waals surface area contributed by atoms with Crippen LogP contribution in [0.3, 0.4) is 0 Å². The van der Waals surface area contributed by atoms with E-state index in [2.05, 4.69) is 17.2 Å². The van der Waals surface area contributed by atoms with Crippen molar-refractivity contribution in [2.75, 3.05) is 13.2 Å². The van der Waals surface area contributed by atoms with Gasteiger partial charge in [0.05, 0.1) is 12.7 Å². The number of aromatic nitrogens is 2. The molecule has 11 heteroatoms.